The number of carbonyl (C=O) groups excluding carboxylic acids is 2. The van der Waals surface area contributed by atoms with E-state index in [1.807, 2.05) is 54.9 Å². The predicted octanol–water partition coefficient (Wildman–Crippen LogP) is 2.33. The maximum Gasteiger partial charge on any atom is 0.279 e. The number of hydrogen-bond donors (Lipinski definition) is 3. The Kier molecular flexibility index (Phi) is 6.94. The third kappa shape index (κ3) is 5.77. The third-order valence-electron chi connectivity index (χ3n) is 4.26. The lowest BCUT2D eigenvalue weighted by Gasteiger charge is -2.14. The molecule has 3 N–H and O–H groups in total. The smallest absolute Gasteiger partial charge is 0.279 e. The van der Waals surface area contributed by atoms with E-state index >= 15 is 0 Å². The lowest BCUT2D eigenvalue weighted by molar-refractivity contribution is -0.884. The second-order valence-corrected chi connectivity index (χ2v) is 7.68. The lowest BCUT2D eigenvalue weighted by atomic mass is 10.1. The molecule has 0 radical (unpaired) electrons. The van der Waals surface area contributed by atoms with Gasteiger partial charge in [-0.05, 0) is 29.1 Å². The number of carbonyl (C=O) groups is 2. The van der Waals surface area contributed by atoms with Crippen LogP contribution in [-0.2, 0) is 17.9 Å². The molecule has 3 aromatic rings. The molecular weight excluding hydrogens is 370 g/mol. The zero-order valence-corrected chi connectivity index (χ0v) is 16.6. The quantitative estimate of drug-likeness (QED) is 0.549. The zero-order chi connectivity index (χ0) is 19.8. The molecule has 6 heteroatoms. The number of quaternary nitrogens is 1. The lowest BCUT2D eigenvalue weighted by Crippen LogP contribution is -3.08. The van der Waals surface area contributed by atoms with E-state index in [-0.39, 0.29) is 11.8 Å². The summed E-state index contributed by atoms with van der Waals surface area (Å²) >= 11 is 1.69. The highest BCUT2D eigenvalue weighted by molar-refractivity contribution is 7.09. The molecule has 2 aromatic carbocycles. The Hall–Kier alpha value is -2.96. The number of benzene rings is 2. The molecule has 0 spiro atoms. The monoisotopic (exact) mass is 394 g/mol. The molecule has 0 aliphatic carbocycles. The highest BCUT2D eigenvalue weighted by atomic mass is 32.1. The molecule has 3 rings (SSSR count). The summed E-state index contributed by atoms with van der Waals surface area (Å²) in [6, 6.07) is 20.9. The first kappa shape index (κ1) is 19.8. The van der Waals surface area contributed by atoms with Crippen molar-refractivity contribution < 1.29 is 14.5 Å². The van der Waals surface area contributed by atoms with Gasteiger partial charge in [-0.3, -0.25) is 9.59 Å². The Balaban J connectivity index is 1.58. The van der Waals surface area contributed by atoms with E-state index in [1.165, 1.54) is 4.88 Å². The van der Waals surface area contributed by atoms with Crippen LogP contribution in [0.3, 0.4) is 0 Å². The van der Waals surface area contributed by atoms with Crippen LogP contribution in [0.5, 0.6) is 0 Å². The highest BCUT2D eigenvalue weighted by Gasteiger charge is 2.16. The van der Waals surface area contributed by atoms with Crippen LogP contribution in [0, 0.1) is 0 Å². The molecule has 0 aliphatic rings. The molecule has 0 bridgehead atoms. The summed E-state index contributed by atoms with van der Waals surface area (Å²) in [6.07, 6.45) is 0. The zero-order valence-electron chi connectivity index (χ0n) is 15.8. The van der Waals surface area contributed by atoms with E-state index in [1.54, 1.807) is 29.5 Å². The third-order valence-corrected chi connectivity index (χ3v) is 5.14. The number of thiophene rings is 1. The Morgan fingerprint density at radius 3 is 2.46 bits per heavy atom. The van der Waals surface area contributed by atoms with Crippen LogP contribution in [0.15, 0.2) is 72.1 Å². The van der Waals surface area contributed by atoms with E-state index < -0.39 is 0 Å². The summed E-state index contributed by atoms with van der Waals surface area (Å²) in [5.74, 6) is -0.323. The van der Waals surface area contributed by atoms with Crippen LogP contribution in [0.25, 0.3) is 0 Å². The van der Waals surface area contributed by atoms with E-state index in [0.717, 1.165) is 17.0 Å². The van der Waals surface area contributed by atoms with Gasteiger partial charge >= 0.3 is 0 Å². The molecule has 1 aromatic heterocycles. The normalized spacial score (nSPS) is 11.6. The van der Waals surface area contributed by atoms with Gasteiger partial charge in [0, 0.05) is 6.54 Å². The predicted molar refractivity (Wildman–Crippen MR) is 112 cm³/mol. The molecule has 5 nitrogen and oxygen atoms in total. The minimum absolute atomic E-state index is 0.114. The molecule has 144 valence electrons. The molecule has 0 saturated heterocycles. The molecular formula is C22H24N3O2S+. The summed E-state index contributed by atoms with van der Waals surface area (Å²) in [7, 11) is 1.98. The van der Waals surface area contributed by atoms with E-state index in [2.05, 4.69) is 16.7 Å². The largest absolute Gasteiger partial charge is 0.348 e. The highest BCUT2D eigenvalue weighted by Crippen LogP contribution is 2.15. The van der Waals surface area contributed by atoms with Gasteiger partial charge in [0.15, 0.2) is 6.54 Å². The van der Waals surface area contributed by atoms with Crippen molar-refractivity contribution in [3.8, 4) is 0 Å². The summed E-state index contributed by atoms with van der Waals surface area (Å²) in [5.41, 5.74) is 2.01. The first-order valence-corrected chi connectivity index (χ1v) is 10.0. The van der Waals surface area contributed by atoms with Gasteiger partial charge in [-0.15, -0.1) is 11.3 Å². The Labute approximate surface area is 169 Å². The average Bonchev–Trinajstić information content (AvgIpc) is 3.20. The van der Waals surface area contributed by atoms with E-state index in [9.17, 15) is 9.59 Å². The van der Waals surface area contributed by atoms with E-state index in [0.29, 0.717) is 24.3 Å². The first-order valence-electron chi connectivity index (χ1n) is 9.16. The van der Waals surface area contributed by atoms with Crippen LogP contribution >= 0.6 is 11.3 Å². The number of nitrogens with one attached hydrogen (secondary N) is 3. The van der Waals surface area contributed by atoms with Gasteiger partial charge in [-0.1, -0.05) is 48.5 Å². The van der Waals surface area contributed by atoms with Gasteiger partial charge in [-0.2, -0.15) is 0 Å². The maximum absolute atomic E-state index is 12.6. The van der Waals surface area contributed by atoms with Crippen molar-refractivity contribution in [1.29, 1.82) is 0 Å². The van der Waals surface area contributed by atoms with Crippen molar-refractivity contribution in [2.24, 2.45) is 0 Å². The Bertz CT molecular complexity index is 911. The molecule has 0 aliphatic heterocycles. The van der Waals surface area contributed by atoms with Crippen molar-refractivity contribution in [2.45, 2.75) is 13.1 Å². The SMILES string of the molecule is C[NH+](CC(=O)Nc1ccccc1C(=O)NCc1ccccc1)Cc1cccs1. The number of para-hydroxylation sites is 1. The second-order valence-electron chi connectivity index (χ2n) is 6.65. The number of hydrogen-bond acceptors (Lipinski definition) is 3. The van der Waals surface area contributed by atoms with Gasteiger partial charge in [0.2, 0.25) is 0 Å². The Morgan fingerprint density at radius 1 is 0.964 bits per heavy atom. The van der Waals surface area contributed by atoms with E-state index in [4.69, 9.17) is 0 Å². The minimum atomic E-state index is -0.209. The van der Waals surface area contributed by atoms with Gasteiger partial charge in [0.1, 0.15) is 6.54 Å². The number of amides is 2. The maximum atomic E-state index is 12.6. The average molecular weight is 395 g/mol. The number of anilines is 1. The first-order chi connectivity index (χ1) is 13.6. The molecule has 28 heavy (non-hydrogen) atoms. The fourth-order valence-electron chi connectivity index (χ4n) is 2.91. The van der Waals surface area contributed by atoms with Crippen LogP contribution in [0.4, 0.5) is 5.69 Å². The fraction of sp³-hybridized carbons (Fsp3) is 0.182. The Morgan fingerprint density at radius 2 is 1.71 bits per heavy atom. The van der Waals surface area contributed by atoms with Crippen LogP contribution < -0.4 is 15.5 Å². The number of rotatable bonds is 8. The van der Waals surface area contributed by atoms with Crippen molar-refractivity contribution in [2.75, 3.05) is 18.9 Å². The van der Waals surface area contributed by atoms with Crippen molar-refractivity contribution in [1.82, 2.24) is 5.32 Å². The van der Waals surface area contributed by atoms with Crippen molar-refractivity contribution >= 4 is 28.8 Å². The summed E-state index contributed by atoms with van der Waals surface area (Å²) < 4.78 is 0. The van der Waals surface area contributed by atoms with Crippen LogP contribution in [-0.4, -0.2) is 25.4 Å². The van der Waals surface area contributed by atoms with Crippen LogP contribution in [0.1, 0.15) is 20.8 Å². The molecule has 2 amide bonds. The van der Waals surface area contributed by atoms with Gasteiger partial charge in [-0.25, -0.2) is 0 Å². The van der Waals surface area contributed by atoms with Crippen LogP contribution in [0.2, 0.25) is 0 Å². The molecule has 1 heterocycles. The molecule has 1 unspecified atom stereocenters. The van der Waals surface area contributed by atoms with Crippen molar-refractivity contribution in [3.05, 3.63) is 88.1 Å². The minimum Gasteiger partial charge on any atom is -0.348 e. The second kappa shape index (κ2) is 9.82. The summed E-state index contributed by atoms with van der Waals surface area (Å²) in [5, 5.41) is 7.82. The number of likely N-dealkylation sites (N-methyl/N-ethyl adjacent to an activating group) is 1. The topological polar surface area (TPSA) is 62.6 Å². The van der Waals surface area contributed by atoms with Gasteiger partial charge in [0.25, 0.3) is 11.8 Å². The van der Waals surface area contributed by atoms with Gasteiger partial charge < -0.3 is 15.5 Å². The summed E-state index contributed by atoms with van der Waals surface area (Å²) in [4.78, 5) is 27.4. The molecule has 0 fully saturated rings. The van der Waals surface area contributed by atoms with Gasteiger partial charge in [0.05, 0.1) is 23.2 Å². The standard InChI is InChI=1S/C22H23N3O2S/c1-25(15-18-10-7-13-28-18)16-21(26)24-20-12-6-5-11-19(20)22(27)23-14-17-8-3-2-4-9-17/h2-13H,14-16H2,1H3,(H,23,27)(H,24,26)/p+1. The fourth-order valence-corrected chi connectivity index (χ4v) is 3.72. The molecule has 0 saturated carbocycles. The summed E-state index contributed by atoms with van der Waals surface area (Å²) in [6.45, 7) is 1.57. The van der Waals surface area contributed by atoms with Crippen molar-refractivity contribution in [3.63, 3.8) is 0 Å². The molecule has 1 atom stereocenters.